The molecule has 19 heavy (non-hydrogen) atoms. The van der Waals surface area contributed by atoms with Crippen molar-refractivity contribution in [3.63, 3.8) is 0 Å². The number of hydrogen-bond donors (Lipinski definition) is 3. The number of aromatic amines is 1. The Labute approximate surface area is 110 Å². The summed E-state index contributed by atoms with van der Waals surface area (Å²) in [6.45, 7) is 1.20. The summed E-state index contributed by atoms with van der Waals surface area (Å²) < 4.78 is 0. The monoisotopic (exact) mass is 257 g/mol. The van der Waals surface area contributed by atoms with Crippen LogP contribution in [0.25, 0.3) is 0 Å². The number of rotatable bonds is 4. The number of amides is 1. The molecular weight excluding hydrogens is 242 g/mol. The Morgan fingerprint density at radius 2 is 2.32 bits per heavy atom. The van der Waals surface area contributed by atoms with Crippen molar-refractivity contribution in [3.8, 4) is 0 Å². The summed E-state index contributed by atoms with van der Waals surface area (Å²) in [7, 11) is 0. The highest BCUT2D eigenvalue weighted by Crippen LogP contribution is 2.32. The van der Waals surface area contributed by atoms with Gasteiger partial charge in [0.25, 0.3) is 0 Å². The van der Waals surface area contributed by atoms with Gasteiger partial charge in [0.1, 0.15) is 12.2 Å². The van der Waals surface area contributed by atoms with Gasteiger partial charge in [-0.1, -0.05) is 18.2 Å². The van der Waals surface area contributed by atoms with Gasteiger partial charge in [-0.2, -0.15) is 5.10 Å². The van der Waals surface area contributed by atoms with Crippen molar-refractivity contribution >= 4 is 11.6 Å². The third-order valence-corrected chi connectivity index (χ3v) is 3.29. The van der Waals surface area contributed by atoms with E-state index in [4.69, 9.17) is 0 Å². The fraction of sp³-hybridized carbons (Fsp3) is 0.308. The number of nitrogens with zero attached hydrogens (tertiary/aromatic N) is 2. The molecule has 2 aromatic rings. The maximum atomic E-state index is 11.9. The third kappa shape index (κ3) is 2.57. The van der Waals surface area contributed by atoms with E-state index in [-0.39, 0.29) is 11.8 Å². The van der Waals surface area contributed by atoms with Crippen molar-refractivity contribution in [1.82, 2.24) is 20.5 Å². The number of carbonyl (C=O) groups is 1. The van der Waals surface area contributed by atoms with E-state index in [0.717, 1.165) is 12.2 Å². The van der Waals surface area contributed by atoms with E-state index in [1.54, 1.807) is 0 Å². The molecule has 98 valence electrons. The molecule has 0 aliphatic carbocycles. The molecule has 0 saturated heterocycles. The van der Waals surface area contributed by atoms with Gasteiger partial charge in [0, 0.05) is 24.6 Å². The van der Waals surface area contributed by atoms with Crippen molar-refractivity contribution in [3.05, 3.63) is 42.0 Å². The maximum Gasteiger partial charge on any atom is 0.221 e. The van der Waals surface area contributed by atoms with Crippen LogP contribution in [0.1, 0.15) is 23.7 Å². The van der Waals surface area contributed by atoms with E-state index >= 15 is 0 Å². The summed E-state index contributed by atoms with van der Waals surface area (Å²) in [4.78, 5) is 15.9. The molecule has 0 spiro atoms. The lowest BCUT2D eigenvalue weighted by Gasteiger charge is -2.09. The normalized spacial score (nSPS) is 16.7. The largest absolute Gasteiger partial charge is 0.384 e. The van der Waals surface area contributed by atoms with Crippen LogP contribution in [0, 0.1) is 0 Å². The van der Waals surface area contributed by atoms with E-state index in [2.05, 4.69) is 31.9 Å². The summed E-state index contributed by atoms with van der Waals surface area (Å²) in [5, 5.41) is 12.6. The molecule has 1 aromatic carbocycles. The second kappa shape index (κ2) is 5.09. The fourth-order valence-electron chi connectivity index (χ4n) is 2.33. The lowest BCUT2D eigenvalue weighted by molar-refractivity contribution is -0.121. The maximum absolute atomic E-state index is 11.9. The number of nitrogens with one attached hydrogen (secondary N) is 3. The van der Waals surface area contributed by atoms with Gasteiger partial charge in [0.2, 0.25) is 5.91 Å². The van der Waals surface area contributed by atoms with Crippen LogP contribution in [0.3, 0.4) is 0 Å². The van der Waals surface area contributed by atoms with Gasteiger partial charge in [-0.15, -0.1) is 0 Å². The number of aromatic nitrogens is 3. The molecular formula is C13H15N5O. The molecule has 1 atom stereocenters. The number of H-pyrrole nitrogens is 1. The van der Waals surface area contributed by atoms with Crippen LogP contribution in [0.4, 0.5) is 5.69 Å². The number of carbonyl (C=O) groups excluding carboxylic acids is 1. The Morgan fingerprint density at radius 1 is 1.42 bits per heavy atom. The van der Waals surface area contributed by atoms with E-state index in [1.165, 1.54) is 11.9 Å². The molecule has 0 fully saturated rings. The second-order valence-corrected chi connectivity index (χ2v) is 4.58. The first-order valence-electron chi connectivity index (χ1n) is 6.26. The number of fused-ring (bicyclic) bond motifs is 1. The van der Waals surface area contributed by atoms with Gasteiger partial charge in [0.05, 0.1) is 6.54 Å². The van der Waals surface area contributed by atoms with Crippen molar-refractivity contribution < 1.29 is 4.79 Å². The van der Waals surface area contributed by atoms with E-state index in [0.29, 0.717) is 18.8 Å². The Kier molecular flexibility index (Phi) is 3.14. The van der Waals surface area contributed by atoms with Crippen molar-refractivity contribution in [1.29, 1.82) is 0 Å². The van der Waals surface area contributed by atoms with Gasteiger partial charge in [-0.05, 0) is 11.6 Å². The average molecular weight is 257 g/mol. The minimum absolute atomic E-state index is 0.0277. The molecule has 2 heterocycles. The zero-order chi connectivity index (χ0) is 13.1. The quantitative estimate of drug-likeness (QED) is 0.763. The Bertz CT molecular complexity index is 566. The Hall–Kier alpha value is -2.37. The highest BCUT2D eigenvalue weighted by atomic mass is 16.1. The Balaban J connectivity index is 1.56. The van der Waals surface area contributed by atoms with Gasteiger partial charge < -0.3 is 10.6 Å². The predicted octanol–water partition coefficient (Wildman–Crippen LogP) is 1.02. The average Bonchev–Trinajstić information content (AvgIpc) is 3.07. The van der Waals surface area contributed by atoms with Crippen molar-refractivity contribution in [2.24, 2.45) is 0 Å². The van der Waals surface area contributed by atoms with Gasteiger partial charge in [-0.25, -0.2) is 4.98 Å². The fourth-order valence-corrected chi connectivity index (χ4v) is 2.33. The van der Waals surface area contributed by atoms with Crippen molar-refractivity contribution in [2.75, 3.05) is 11.9 Å². The number of hydrogen-bond acceptors (Lipinski definition) is 4. The predicted molar refractivity (Wildman–Crippen MR) is 70.5 cm³/mol. The third-order valence-electron chi connectivity index (χ3n) is 3.29. The summed E-state index contributed by atoms with van der Waals surface area (Å²) in [5.74, 6) is 0.934. The standard InChI is InChI=1S/C13H15N5O/c19-13(15-7-12-16-8-17-18-12)5-9-6-14-11-4-2-1-3-10(9)11/h1-4,8-9,14H,5-7H2,(H,15,19)(H,16,17,18). The molecule has 1 unspecified atom stereocenters. The van der Waals surface area contributed by atoms with Crippen LogP contribution in [0.15, 0.2) is 30.6 Å². The lowest BCUT2D eigenvalue weighted by Crippen LogP contribution is -2.25. The van der Waals surface area contributed by atoms with Crippen LogP contribution in [-0.2, 0) is 11.3 Å². The van der Waals surface area contributed by atoms with E-state index in [1.807, 2.05) is 18.2 Å². The number of anilines is 1. The van der Waals surface area contributed by atoms with Crippen LogP contribution < -0.4 is 10.6 Å². The first-order chi connectivity index (χ1) is 9.33. The minimum Gasteiger partial charge on any atom is -0.384 e. The van der Waals surface area contributed by atoms with Crippen LogP contribution >= 0.6 is 0 Å². The molecule has 0 saturated carbocycles. The van der Waals surface area contributed by atoms with Crippen LogP contribution in [-0.4, -0.2) is 27.6 Å². The van der Waals surface area contributed by atoms with E-state index < -0.39 is 0 Å². The molecule has 0 radical (unpaired) electrons. The summed E-state index contributed by atoms with van der Waals surface area (Å²) in [6.07, 6.45) is 1.91. The van der Waals surface area contributed by atoms with Crippen LogP contribution in [0.5, 0.6) is 0 Å². The summed E-state index contributed by atoms with van der Waals surface area (Å²) in [6, 6.07) is 8.12. The smallest absolute Gasteiger partial charge is 0.221 e. The molecule has 6 heteroatoms. The highest BCUT2D eigenvalue weighted by Gasteiger charge is 2.23. The molecule has 3 N–H and O–H groups in total. The molecule has 1 amide bonds. The number of para-hydroxylation sites is 1. The summed E-state index contributed by atoms with van der Waals surface area (Å²) in [5.41, 5.74) is 2.35. The van der Waals surface area contributed by atoms with Gasteiger partial charge in [-0.3, -0.25) is 9.89 Å². The first kappa shape index (κ1) is 11.7. The van der Waals surface area contributed by atoms with Crippen molar-refractivity contribution in [2.45, 2.75) is 18.9 Å². The lowest BCUT2D eigenvalue weighted by atomic mass is 9.98. The molecule has 1 aliphatic heterocycles. The topological polar surface area (TPSA) is 82.7 Å². The molecule has 1 aromatic heterocycles. The Morgan fingerprint density at radius 3 is 3.16 bits per heavy atom. The minimum atomic E-state index is 0.0277. The molecule has 1 aliphatic rings. The number of benzene rings is 1. The van der Waals surface area contributed by atoms with E-state index in [9.17, 15) is 4.79 Å². The highest BCUT2D eigenvalue weighted by molar-refractivity contribution is 5.78. The van der Waals surface area contributed by atoms with Gasteiger partial charge in [0.15, 0.2) is 0 Å². The van der Waals surface area contributed by atoms with Gasteiger partial charge >= 0.3 is 0 Å². The van der Waals surface area contributed by atoms with Crippen LogP contribution in [0.2, 0.25) is 0 Å². The summed E-state index contributed by atoms with van der Waals surface area (Å²) >= 11 is 0. The zero-order valence-corrected chi connectivity index (χ0v) is 10.4. The zero-order valence-electron chi connectivity index (χ0n) is 10.4. The molecule has 6 nitrogen and oxygen atoms in total. The molecule has 0 bridgehead atoms. The first-order valence-corrected chi connectivity index (χ1v) is 6.26. The second-order valence-electron chi connectivity index (χ2n) is 4.58. The SMILES string of the molecule is O=C(CC1CNc2ccccc21)NCc1ncn[nH]1. The molecule has 3 rings (SSSR count).